The summed E-state index contributed by atoms with van der Waals surface area (Å²) in [5.41, 5.74) is -0.733. The van der Waals surface area contributed by atoms with Gasteiger partial charge in [-0.3, -0.25) is 4.90 Å². The molecule has 1 saturated heterocycles. The van der Waals surface area contributed by atoms with Crippen molar-refractivity contribution in [1.29, 1.82) is 0 Å². The number of amides is 1. The van der Waals surface area contributed by atoms with E-state index >= 15 is 0 Å². The molecule has 2 atom stereocenters. The molecule has 9 heteroatoms. The molecule has 1 N–H and O–H groups in total. The molecule has 0 radical (unpaired) electrons. The molecular formula is C20H23ClN2O6. The molecule has 0 saturated carbocycles. The van der Waals surface area contributed by atoms with Crippen molar-refractivity contribution in [3.05, 3.63) is 29.4 Å². The van der Waals surface area contributed by atoms with E-state index in [0.29, 0.717) is 22.0 Å². The lowest BCUT2D eigenvalue weighted by Gasteiger charge is -2.26. The summed E-state index contributed by atoms with van der Waals surface area (Å²) in [6.45, 7) is 5.24. The second-order valence-corrected chi connectivity index (χ2v) is 8.22. The number of halogens is 1. The molecule has 1 fully saturated rings. The van der Waals surface area contributed by atoms with Gasteiger partial charge in [-0.2, -0.15) is 0 Å². The number of nitrogens with zero attached hydrogens (tertiary/aromatic N) is 2. The van der Waals surface area contributed by atoms with Gasteiger partial charge in [0.15, 0.2) is 0 Å². The van der Waals surface area contributed by atoms with Crippen molar-refractivity contribution in [2.24, 2.45) is 0 Å². The van der Waals surface area contributed by atoms with E-state index in [9.17, 15) is 14.7 Å². The highest BCUT2D eigenvalue weighted by atomic mass is 35.5. The molecule has 1 unspecified atom stereocenters. The summed E-state index contributed by atoms with van der Waals surface area (Å²) >= 11 is 6.12. The molecular weight excluding hydrogens is 400 g/mol. The highest BCUT2D eigenvalue weighted by Crippen LogP contribution is 2.34. The highest BCUT2D eigenvalue weighted by Gasteiger charge is 2.43. The SMILES string of the molecule is COc1cnc(O[C@@H]2CC(C(=O)O)N(C(=O)OC(C)(C)C)C2)c2cc(Cl)ccc12. The van der Waals surface area contributed by atoms with Crippen LogP contribution in [0.3, 0.4) is 0 Å². The van der Waals surface area contributed by atoms with Crippen LogP contribution < -0.4 is 9.47 Å². The zero-order chi connectivity index (χ0) is 21.3. The topological polar surface area (TPSA) is 98.2 Å². The van der Waals surface area contributed by atoms with E-state index in [1.54, 1.807) is 46.1 Å². The number of ether oxygens (including phenoxy) is 3. The van der Waals surface area contributed by atoms with E-state index in [2.05, 4.69) is 4.98 Å². The Morgan fingerprint density at radius 2 is 2.00 bits per heavy atom. The molecule has 2 aromatic rings. The minimum atomic E-state index is -1.11. The molecule has 29 heavy (non-hydrogen) atoms. The van der Waals surface area contributed by atoms with Gasteiger partial charge in [-0.05, 0) is 39.0 Å². The first-order valence-corrected chi connectivity index (χ1v) is 9.48. The van der Waals surface area contributed by atoms with Crippen molar-refractivity contribution in [2.75, 3.05) is 13.7 Å². The van der Waals surface area contributed by atoms with Crippen LogP contribution in [0.5, 0.6) is 11.6 Å². The van der Waals surface area contributed by atoms with Gasteiger partial charge in [0.25, 0.3) is 0 Å². The average Bonchev–Trinajstić information content (AvgIpc) is 3.05. The maximum absolute atomic E-state index is 12.4. The quantitative estimate of drug-likeness (QED) is 0.801. The third-order valence-corrected chi connectivity index (χ3v) is 4.69. The lowest BCUT2D eigenvalue weighted by molar-refractivity contribution is -0.142. The number of hydrogen-bond acceptors (Lipinski definition) is 6. The molecule has 0 aliphatic carbocycles. The van der Waals surface area contributed by atoms with Gasteiger partial charge in [-0.1, -0.05) is 11.6 Å². The standard InChI is InChI=1S/C20H23ClN2O6/c1-20(2,3)29-19(26)23-10-12(8-15(23)18(24)25)28-17-14-7-11(21)5-6-13(14)16(27-4)9-22-17/h5-7,9,12,15H,8,10H2,1-4H3,(H,24,25)/t12-,15?/m1/s1. The normalized spacial score (nSPS) is 19.3. The Bertz CT molecular complexity index is 942. The van der Waals surface area contributed by atoms with E-state index < -0.39 is 29.8 Å². The van der Waals surface area contributed by atoms with Crippen LogP contribution in [0.15, 0.2) is 24.4 Å². The van der Waals surface area contributed by atoms with Crippen molar-refractivity contribution in [1.82, 2.24) is 9.88 Å². The Kier molecular flexibility index (Phi) is 5.75. The van der Waals surface area contributed by atoms with Crippen molar-refractivity contribution in [3.8, 4) is 11.6 Å². The van der Waals surface area contributed by atoms with Crippen LogP contribution in [-0.4, -0.2) is 58.5 Å². The van der Waals surface area contributed by atoms with E-state index in [1.807, 2.05) is 0 Å². The first-order chi connectivity index (χ1) is 13.6. The number of aromatic nitrogens is 1. The van der Waals surface area contributed by atoms with Crippen molar-refractivity contribution >= 4 is 34.4 Å². The molecule has 156 valence electrons. The summed E-state index contributed by atoms with van der Waals surface area (Å²) in [5.74, 6) is -0.254. The number of carboxylic acids is 1. The van der Waals surface area contributed by atoms with Gasteiger partial charge in [-0.25, -0.2) is 14.6 Å². The number of carbonyl (C=O) groups excluding carboxylic acids is 1. The van der Waals surface area contributed by atoms with Crippen LogP contribution in [0, 0.1) is 0 Å². The Labute approximate surface area is 173 Å². The van der Waals surface area contributed by atoms with Gasteiger partial charge in [-0.15, -0.1) is 0 Å². The van der Waals surface area contributed by atoms with Crippen LogP contribution in [0.1, 0.15) is 27.2 Å². The monoisotopic (exact) mass is 422 g/mol. The van der Waals surface area contributed by atoms with Gasteiger partial charge in [0.05, 0.1) is 19.9 Å². The molecule has 1 aliphatic rings. The van der Waals surface area contributed by atoms with Crippen LogP contribution in [0.4, 0.5) is 4.79 Å². The summed E-state index contributed by atoms with van der Waals surface area (Å²) in [6.07, 6.45) is 0.392. The van der Waals surface area contributed by atoms with Gasteiger partial charge < -0.3 is 19.3 Å². The summed E-state index contributed by atoms with van der Waals surface area (Å²) < 4.78 is 16.7. The number of rotatable bonds is 4. The lowest BCUT2D eigenvalue weighted by Crippen LogP contribution is -2.43. The summed E-state index contributed by atoms with van der Waals surface area (Å²) in [4.78, 5) is 29.6. The fraction of sp³-hybridized carbons (Fsp3) is 0.450. The smallest absolute Gasteiger partial charge is 0.411 e. The van der Waals surface area contributed by atoms with Gasteiger partial charge in [0, 0.05) is 22.2 Å². The average molecular weight is 423 g/mol. The van der Waals surface area contributed by atoms with E-state index in [1.165, 1.54) is 11.1 Å². The lowest BCUT2D eigenvalue weighted by atomic mass is 10.1. The molecule has 0 bridgehead atoms. The fourth-order valence-corrected chi connectivity index (χ4v) is 3.39. The Hall–Kier alpha value is -2.74. The van der Waals surface area contributed by atoms with Crippen LogP contribution in [0.25, 0.3) is 10.8 Å². The van der Waals surface area contributed by atoms with Crippen LogP contribution in [-0.2, 0) is 9.53 Å². The Morgan fingerprint density at radius 3 is 2.62 bits per heavy atom. The van der Waals surface area contributed by atoms with Gasteiger partial charge >= 0.3 is 12.1 Å². The van der Waals surface area contributed by atoms with Crippen molar-refractivity contribution in [3.63, 3.8) is 0 Å². The maximum atomic E-state index is 12.4. The van der Waals surface area contributed by atoms with E-state index in [0.717, 1.165) is 5.39 Å². The number of methoxy groups -OCH3 is 1. The predicted molar refractivity (Wildman–Crippen MR) is 107 cm³/mol. The second kappa shape index (κ2) is 7.94. The molecule has 1 aromatic heterocycles. The molecule has 0 spiro atoms. The number of aliphatic carboxylic acids is 1. The summed E-state index contributed by atoms with van der Waals surface area (Å²) in [6, 6.07) is 4.20. The molecule has 8 nitrogen and oxygen atoms in total. The first-order valence-electron chi connectivity index (χ1n) is 9.10. The minimum Gasteiger partial charge on any atom is -0.494 e. The number of hydrogen-bond donors (Lipinski definition) is 1. The third-order valence-electron chi connectivity index (χ3n) is 4.45. The number of carbonyl (C=O) groups is 2. The number of benzene rings is 1. The van der Waals surface area contributed by atoms with E-state index in [4.69, 9.17) is 25.8 Å². The first kappa shape index (κ1) is 21.0. The molecule has 1 amide bonds. The number of carboxylic acid groups (broad SMARTS) is 1. The summed E-state index contributed by atoms with van der Waals surface area (Å²) in [5, 5.41) is 11.4. The van der Waals surface area contributed by atoms with Crippen molar-refractivity contribution in [2.45, 2.75) is 44.9 Å². The third kappa shape index (κ3) is 4.64. The predicted octanol–water partition coefficient (Wildman–Crippen LogP) is 3.74. The van der Waals surface area contributed by atoms with Gasteiger partial charge in [0.1, 0.15) is 23.5 Å². The zero-order valence-corrected chi connectivity index (χ0v) is 17.4. The van der Waals surface area contributed by atoms with E-state index in [-0.39, 0.29) is 13.0 Å². The fourth-order valence-electron chi connectivity index (χ4n) is 3.22. The molecule has 1 aromatic carbocycles. The highest BCUT2D eigenvalue weighted by molar-refractivity contribution is 6.31. The Morgan fingerprint density at radius 1 is 1.28 bits per heavy atom. The number of likely N-dealkylation sites (tertiary alicyclic amines) is 1. The Balaban J connectivity index is 1.86. The van der Waals surface area contributed by atoms with Crippen LogP contribution >= 0.6 is 11.6 Å². The second-order valence-electron chi connectivity index (χ2n) is 7.78. The zero-order valence-electron chi connectivity index (χ0n) is 16.6. The molecule has 1 aliphatic heterocycles. The maximum Gasteiger partial charge on any atom is 0.411 e. The molecule has 2 heterocycles. The van der Waals surface area contributed by atoms with Crippen molar-refractivity contribution < 1.29 is 28.9 Å². The molecule has 3 rings (SSSR count). The minimum absolute atomic E-state index is 0.0711. The van der Waals surface area contributed by atoms with Crippen LogP contribution in [0.2, 0.25) is 5.02 Å². The number of pyridine rings is 1. The number of fused-ring (bicyclic) bond motifs is 1. The largest absolute Gasteiger partial charge is 0.494 e. The van der Waals surface area contributed by atoms with Gasteiger partial charge in [0.2, 0.25) is 5.88 Å². The summed E-state index contributed by atoms with van der Waals surface area (Å²) in [7, 11) is 1.54.